The summed E-state index contributed by atoms with van der Waals surface area (Å²) in [7, 11) is 0. The van der Waals surface area contributed by atoms with Crippen LogP contribution in [0.25, 0.3) is 0 Å². The lowest BCUT2D eigenvalue weighted by molar-refractivity contribution is 1.59. The van der Waals surface area contributed by atoms with Gasteiger partial charge in [0.2, 0.25) is 0 Å². The topological polar surface area (TPSA) is 0 Å². The zero-order valence-corrected chi connectivity index (χ0v) is 4.10. The summed E-state index contributed by atoms with van der Waals surface area (Å²) in [6.07, 6.45) is 0. The fourth-order valence-electron chi connectivity index (χ4n) is 0. The highest BCUT2D eigenvalue weighted by Gasteiger charge is 1.57. The second-order valence-corrected chi connectivity index (χ2v) is 1.34. The van der Waals surface area contributed by atoms with E-state index in [1.54, 1.807) is 0 Å². The van der Waals surface area contributed by atoms with Crippen LogP contribution in [0.4, 0.5) is 0 Å². The maximum Gasteiger partial charge on any atom is -0.000932 e. The minimum Gasteiger partial charge on any atom is -0.179 e. The third kappa shape index (κ3) is 11.9. The highest BCUT2D eigenvalue weighted by atomic mass is 32.1. The van der Waals surface area contributed by atoms with Crippen LogP contribution in [0.15, 0.2) is 0 Å². The molecule has 0 aromatic rings. The molecular formula is C3H10S2. The summed E-state index contributed by atoms with van der Waals surface area (Å²) in [4.78, 5) is 0. The van der Waals surface area contributed by atoms with Crippen LogP contribution in [0.3, 0.4) is 0 Å². The molecule has 0 N–H and O–H groups in total. The molecule has 0 nitrogen and oxygen atoms in total. The van der Waals surface area contributed by atoms with E-state index in [0.717, 1.165) is 11.5 Å². The van der Waals surface area contributed by atoms with E-state index in [0.29, 0.717) is 0 Å². The molecule has 0 heterocycles. The monoisotopic (exact) mass is 110 g/mol. The SMILES string of the molecule is C.SCCS. The zero-order chi connectivity index (χ0) is 3.41. The molecule has 0 radical (unpaired) electrons. The van der Waals surface area contributed by atoms with Crippen molar-refractivity contribution < 1.29 is 0 Å². The molecule has 0 aromatic heterocycles. The van der Waals surface area contributed by atoms with Gasteiger partial charge in [0.05, 0.1) is 0 Å². The van der Waals surface area contributed by atoms with E-state index in [1.807, 2.05) is 0 Å². The van der Waals surface area contributed by atoms with Gasteiger partial charge in [0.1, 0.15) is 0 Å². The van der Waals surface area contributed by atoms with Gasteiger partial charge in [-0.05, 0) is 11.5 Å². The van der Waals surface area contributed by atoms with Crippen molar-refractivity contribution in [1.82, 2.24) is 0 Å². The summed E-state index contributed by atoms with van der Waals surface area (Å²) in [5.74, 6) is 1.76. The molecule has 0 saturated carbocycles. The van der Waals surface area contributed by atoms with Crippen molar-refractivity contribution >= 4 is 25.3 Å². The molecule has 0 aromatic carbocycles. The Labute approximate surface area is 44.8 Å². The van der Waals surface area contributed by atoms with Gasteiger partial charge in [0.25, 0.3) is 0 Å². The van der Waals surface area contributed by atoms with Crippen LogP contribution in [-0.2, 0) is 0 Å². The van der Waals surface area contributed by atoms with Gasteiger partial charge in [-0.3, -0.25) is 0 Å². The molecular weight excluding hydrogens is 100 g/mol. The first-order valence-electron chi connectivity index (χ1n) is 1.13. The number of hydrogen-bond donors (Lipinski definition) is 2. The lowest BCUT2D eigenvalue weighted by atomic mass is 11.0. The van der Waals surface area contributed by atoms with E-state index in [1.165, 1.54) is 0 Å². The lowest BCUT2D eigenvalue weighted by Gasteiger charge is -1.67. The molecule has 0 rings (SSSR count). The van der Waals surface area contributed by atoms with E-state index in [4.69, 9.17) is 0 Å². The molecule has 0 saturated heterocycles. The highest BCUT2D eigenvalue weighted by Crippen LogP contribution is 1.73. The highest BCUT2D eigenvalue weighted by molar-refractivity contribution is 7.84. The first-order chi connectivity index (χ1) is 1.91. The average Bonchev–Trinajstić information content (AvgIpc) is 1.37. The first-order valence-corrected chi connectivity index (χ1v) is 2.40. The molecule has 0 unspecified atom stereocenters. The van der Waals surface area contributed by atoms with E-state index in [-0.39, 0.29) is 7.43 Å². The summed E-state index contributed by atoms with van der Waals surface area (Å²) >= 11 is 7.69. The minimum absolute atomic E-state index is 0. The van der Waals surface area contributed by atoms with Gasteiger partial charge in [-0.25, -0.2) is 0 Å². The second-order valence-electron chi connectivity index (χ2n) is 0.447. The molecule has 0 fully saturated rings. The van der Waals surface area contributed by atoms with Gasteiger partial charge in [-0.2, -0.15) is 25.3 Å². The molecule has 0 aliphatic carbocycles. The fraction of sp³-hybridized carbons (Fsp3) is 1.00. The van der Waals surface area contributed by atoms with E-state index >= 15 is 0 Å². The minimum atomic E-state index is 0. The third-order valence-corrected chi connectivity index (χ3v) is 0.900. The van der Waals surface area contributed by atoms with E-state index < -0.39 is 0 Å². The molecule has 0 spiro atoms. The van der Waals surface area contributed by atoms with Crippen molar-refractivity contribution in [3.05, 3.63) is 0 Å². The van der Waals surface area contributed by atoms with E-state index in [2.05, 4.69) is 25.3 Å². The van der Waals surface area contributed by atoms with Crippen molar-refractivity contribution in [2.75, 3.05) is 11.5 Å². The molecule has 0 atom stereocenters. The Hall–Kier alpha value is 0.700. The van der Waals surface area contributed by atoms with E-state index in [9.17, 15) is 0 Å². The zero-order valence-electron chi connectivity index (χ0n) is 2.31. The van der Waals surface area contributed by atoms with Crippen LogP contribution in [0.1, 0.15) is 7.43 Å². The maximum absolute atomic E-state index is 3.84. The Balaban J connectivity index is 0. The number of hydrogen-bond acceptors (Lipinski definition) is 2. The maximum atomic E-state index is 3.84. The molecule has 34 valence electrons. The van der Waals surface area contributed by atoms with Gasteiger partial charge in [0, 0.05) is 0 Å². The Morgan fingerprint density at radius 2 is 1.20 bits per heavy atom. The van der Waals surface area contributed by atoms with Crippen molar-refractivity contribution in [3.8, 4) is 0 Å². The Bertz CT molecular complexity index is 6.85. The smallest absolute Gasteiger partial charge is 0.000932 e. The van der Waals surface area contributed by atoms with Crippen LogP contribution < -0.4 is 0 Å². The molecule has 5 heavy (non-hydrogen) atoms. The Kier molecular flexibility index (Phi) is 16.2. The van der Waals surface area contributed by atoms with Crippen LogP contribution in [-0.4, -0.2) is 11.5 Å². The summed E-state index contributed by atoms with van der Waals surface area (Å²) < 4.78 is 0. The number of rotatable bonds is 1. The predicted octanol–water partition coefficient (Wildman–Crippen LogP) is 1.48. The number of thiol groups is 2. The summed E-state index contributed by atoms with van der Waals surface area (Å²) in [6.45, 7) is 0. The van der Waals surface area contributed by atoms with Gasteiger partial charge >= 0.3 is 0 Å². The average molecular weight is 110 g/mol. The quantitative estimate of drug-likeness (QED) is 0.469. The van der Waals surface area contributed by atoms with Crippen molar-refractivity contribution in [2.24, 2.45) is 0 Å². The van der Waals surface area contributed by atoms with Gasteiger partial charge in [0.15, 0.2) is 0 Å². The van der Waals surface area contributed by atoms with Crippen LogP contribution >= 0.6 is 25.3 Å². The summed E-state index contributed by atoms with van der Waals surface area (Å²) in [6, 6.07) is 0. The standard InChI is InChI=1S/C2H6S2.CH4/c3-1-2-4;/h3-4H,1-2H2;1H4. The largest absolute Gasteiger partial charge is 0.179 e. The Morgan fingerprint density at radius 3 is 1.20 bits per heavy atom. The third-order valence-electron chi connectivity index (χ3n) is 0.1000. The van der Waals surface area contributed by atoms with Crippen LogP contribution in [0, 0.1) is 0 Å². The van der Waals surface area contributed by atoms with Crippen molar-refractivity contribution in [1.29, 1.82) is 0 Å². The van der Waals surface area contributed by atoms with Gasteiger partial charge < -0.3 is 0 Å². The van der Waals surface area contributed by atoms with Crippen LogP contribution in [0.2, 0.25) is 0 Å². The van der Waals surface area contributed by atoms with Crippen molar-refractivity contribution in [2.45, 2.75) is 7.43 Å². The first kappa shape index (κ1) is 9.20. The van der Waals surface area contributed by atoms with Crippen molar-refractivity contribution in [3.63, 3.8) is 0 Å². The van der Waals surface area contributed by atoms with Gasteiger partial charge in [-0.1, -0.05) is 7.43 Å². The Morgan fingerprint density at radius 1 is 1.00 bits per heavy atom. The van der Waals surface area contributed by atoms with Crippen LogP contribution in [0.5, 0.6) is 0 Å². The summed E-state index contributed by atoms with van der Waals surface area (Å²) in [5.41, 5.74) is 0. The normalized spacial score (nSPS) is 6.00. The lowest BCUT2D eigenvalue weighted by Crippen LogP contribution is -1.64. The fourth-order valence-corrected chi connectivity index (χ4v) is 0. The predicted molar refractivity (Wildman–Crippen MR) is 34.4 cm³/mol. The molecule has 0 aliphatic heterocycles. The molecule has 2 heteroatoms. The molecule has 0 aliphatic rings. The second kappa shape index (κ2) is 8.83. The van der Waals surface area contributed by atoms with Gasteiger partial charge in [-0.15, -0.1) is 0 Å². The molecule has 0 amide bonds. The summed E-state index contributed by atoms with van der Waals surface area (Å²) in [5, 5.41) is 0. The molecule has 0 bridgehead atoms.